The molecule has 0 bridgehead atoms. The minimum Gasteiger partial charge on any atom is -0.462 e. The number of nitrogens with two attached hydrogens (primary N) is 1. The number of rotatable bonds is 39. The Kier molecular flexibility index (Phi) is 38.1. The summed E-state index contributed by atoms with van der Waals surface area (Å²) < 4.78 is 32.7. The minimum absolute atomic E-state index is 0.0487. The average Bonchev–Trinajstić information content (AvgIpc) is 3.14. The summed E-state index contributed by atoms with van der Waals surface area (Å²) in [6.45, 7) is 3.59. The highest BCUT2D eigenvalue weighted by Gasteiger charge is 2.26. The molecule has 0 saturated heterocycles. The predicted molar refractivity (Wildman–Crippen MR) is 220 cm³/mol. The van der Waals surface area contributed by atoms with Crippen LogP contribution in [0, 0.1) is 0 Å². The molecule has 0 aromatic carbocycles. The van der Waals surface area contributed by atoms with Crippen LogP contribution in [-0.4, -0.2) is 49.3 Å². The molecule has 10 heteroatoms. The second kappa shape index (κ2) is 39.7. The van der Waals surface area contributed by atoms with Gasteiger partial charge in [0, 0.05) is 19.4 Å². The van der Waals surface area contributed by atoms with Gasteiger partial charge in [-0.1, -0.05) is 146 Å². The first-order chi connectivity index (χ1) is 25.8. The lowest BCUT2D eigenvalue weighted by Gasteiger charge is -2.19. The van der Waals surface area contributed by atoms with Crippen molar-refractivity contribution in [2.45, 2.75) is 187 Å². The second-order valence-corrected chi connectivity index (χ2v) is 15.3. The third-order valence-electron chi connectivity index (χ3n) is 8.70. The lowest BCUT2D eigenvalue weighted by atomic mass is 10.1. The maximum absolute atomic E-state index is 12.6. The molecule has 0 radical (unpaired) electrons. The molecule has 1 unspecified atom stereocenters. The number of carbonyl (C=O) groups excluding carboxylic acids is 2. The summed E-state index contributed by atoms with van der Waals surface area (Å²) in [5, 5.41) is 0. The van der Waals surface area contributed by atoms with E-state index in [2.05, 4.69) is 62.5 Å². The van der Waals surface area contributed by atoms with Crippen molar-refractivity contribution in [1.29, 1.82) is 0 Å². The molecule has 3 N–H and O–H groups in total. The normalized spacial score (nSPS) is 13.8. The van der Waals surface area contributed by atoms with Crippen molar-refractivity contribution in [3.63, 3.8) is 0 Å². The molecular weight excluding hydrogens is 689 g/mol. The maximum Gasteiger partial charge on any atom is 0.472 e. The molecule has 9 nitrogen and oxygen atoms in total. The zero-order chi connectivity index (χ0) is 38.9. The van der Waals surface area contributed by atoms with Crippen LogP contribution >= 0.6 is 7.82 Å². The zero-order valence-electron chi connectivity index (χ0n) is 33.7. The van der Waals surface area contributed by atoms with Crippen molar-refractivity contribution >= 4 is 19.8 Å². The predicted octanol–water partition coefficient (Wildman–Crippen LogP) is 11.9. The number of carbonyl (C=O) groups is 2. The van der Waals surface area contributed by atoms with Gasteiger partial charge in [-0.2, -0.15) is 0 Å². The summed E-state index contributed by atoms with van der Waals surface area (Å²) in [4.78, 5) is 34.8. The zero-order valence-corrected chi connectivity index (χ0v) is 34.6. The number of allylic oxidation sites excluding steroid dienone is 8. The van der Waals surface area contributed by atoms with Gasteiger partial charge in [0.25, 0.3) is 0 Å². The monoisotopic (exact) mass is 768 g/mol. The van der Waals surface area contributed by atoms with E-state index >= 15 is 0 Å². The van der Waals surface area contributed by atoms with Crippen molar-refractivity contribution in [2.75, 3.05) is 26.4 Å². The molecule has 308 valence electrons. The molecule has 0 fully saturated rings. The summed E-state index contributed by atoms with van der Waals surface area (Å²) in [5.74, 6) is -0.854. The SMILES string of the molecule is CC/C=C/C/C=C/C/C=C/CCCCCCCC(=O)OC[C@H](COP(=O)(O)OCCN)OC(=O)CCCCCCCCC/C=C/CCCCCCCC. The van der Waals surface area contributed by atoms with E-state index in [4.69, 9.17) is 24.3 Å². The first kappa shape index (κ1) is 51.0. The van der Waals surface area contributed by atoms with Crippen LogP contribution in [-0.2, 0) is 32.7 Å². The Labute approximate surface area is 324 Å². The van der Waals surface area contributed by atoms with Gasteiger partial charge in [0.2, 0.25) is 0 Å². The van der Waals surface area contributed by atoms with Gasteiger partial charge in [0.1, 0.15) is 6.61 Å². The van der Waals surface area contributed by atoms with Gasteiger partial charge >= 0.3 is 19.8 Å². The standard InChI is InChI=1S/C43H78NO8P/c1-3-5-7-9-11-13-15-17-19-20-22-24-26-28-30-32-34-36-43(46)52-41(40-51-53(47,48)50-38-37-44)39-49-42(45)35-33-31-29-27-25-23-21-18-16-14-12-10-8-6-4-2/h6,8,12,14,17-19,21,41H,3-5,7,9-11,13,15-16,20,22-40,44H2,1-2H3,(H,47,48)/b8-6+,14-12+,19-17+,21-18+/t41-/m1/s1. The largest absolute Gasteiger partial charge is 0.472 e. The van der Waals surface area contributed by atoms with Gasteiger partial charge in [-0.3, -0.25) is 18.6 Å². The van der Waals surface area contributed by atoms with Crippen LogP contribution in [0.3, 0.4) is 0 Å². The van der Waals surface area contributed by atoms with Gasteiger partial charge < -0.3 is 20.1 Å². The van der Waals surface area contributed by atoms with Crippen LogP contribution in [0.25, 0.3) is 0 Å². The first-order valence-corrected chi connectivity index (χ1v) is 22.6. The molecule has 0 rings (SSSR count). The molecule has 0 aliphatic heterocycles. The van der Waals surface area contributed by atoms with E-state index in [1.807, 2.05) is 0 Å². The molecule has 0 heterocycles. The smallest absolute Gasteiger partial charge is 0.462 e. The molecule has 0 aromatic heterocycles. The molecule has 0 aromatic rings. The Hall–Kier alpha value is -2.03. The van der Waals surface area contributed by atoms with E-state index in [1.54, 1.807) is 0 Å². The summed E-state index contributed by atoms with van der Waals surface area (Å²) in [5.41, 5.74) is 5.34. The fraction of sp³-hybridized carbons (Fsp3) is 0.767. The van der Waals surface area contributed by atoms with Crippen LogP contribution < -0.4 is 5.73 Å². The quantitative estimate of drug-likeness (QED) is 0.0271. The number of hydrogen-bond donors (Lipinski definition) is 2. The highest BCUT2D eigenvalue weighted by molar-refractivity contribution is 7.47. The summed E-state index contributed by atoms with van der Waals surface area (Å²) >= 11 is 0. The van der Waals surface area contributed by atoms with Crippen molar-refractivity contribution in [1.82, 2.24) is 0 Å². The maximum atomic E-state index is 12.6. The summed E-state index contributed by atoms with van der Waals surface area (Å²) in [6.07, 6.45) is 44.2. The molecule has 53 heavy (non-hydrogen) atoms. The van der Waals surface area contributed by atoms with Crippen LogP contribution in [0.1, 0.15) is 181 Å². The molecule has 0 saturated carbocycles. The van der Waals surface area contributed by atoms with E-state index in [-0.39, 0.29) is 32.6 Å². The van der Waals surface area contributed by atoms with Gasteiger partial charge in [-0.05, 0) is 70.6 Å². The van der Waals surface area contributed by atoms with Gasteiger partial charge in [-0.15, -0.1) is 0 Å². The van der Waals surface area contributed by atoms with Gasteiger partial charge in [0.05, 0.1) is 13.2 Å². The van der Waals surface area contributed by atoms with Crippen molar-refractivity contribution < 1.29 is 37.6 Å². The number of unbranched alkanes of at least 4 members (excludes halogenated alkanes) is 18. The minimum atomic E-state index is -4.38. The average molecular weight is 768 g/mol. The number of ether oxygens (including phenoxy) is 2. The topological polar surface area (TPSA) is 134 Å². The van der Waals surface area contributed by atoms with Gasteiger partial charge in [-0.25, -0.2) is 4.57 Å². The van der Waals surface area contributed by atoms with Gasteiger partial charge in [0.15, 0.2) is 6.10 Å². The Balaban J connectivity index is 4.20. The highest BCUT2D eigenvalue weighted by atomic mass is 31.2. The number of hydrogen-bond acceptors (Lipinski definition) is 8. The number of esters is 2. The third-order valence-corrected chi connectivity index (χ3v) is 9.68. The molecule has 0 aliphatic carbocycles. The van der Waals surface area contributed by atoms with Crippen LogP contribution in [0.2, 0.25) is 0 Å². The van der Waals surface area contributed by atoms with E-state index in [1.165, 1.54) is 64.2 Å². The molecule has 0 amide bonds. The lowest BCUT2D eigenvalue weighted by molar-refractivity contribution is -0.161. The van der Waals surface area contributed by atoms with Crippen LogP contribution in [0.4, 0.5) is 0 Å². The fourth-order valence-corrected chi connectivity index (χ4v) is 6.35. The second-order valence-electron chi connectivity index (χ2n) is 13.8. The number of phosphoric acid groups is 1. The molecule has 2 atom stereocenters. The third kappa shape index (κ3) is 39.5. The van der Waals surface area contributed by atoms with E-state index in [0.29, 0.717) is 12.8 Å². The Morgan fingerprint density at radius 3 is 1.57 bits per heavy atom. The van der Waals surface area contributed by atoms with Crippen molar-refractivity contribution in [3.05, 3.63) is 48.6 Å². The van der Waals surface area contributed by atoms with Crippen LogP contribution in [0.5, 0.6) is 0 Å². The van der Waals surface area contributed by atoms with Crippen molar-refractivity contribution in [2.24, 2.45) is 5.73 Å². The molecule has 0 spiro atoms. The van der Waals surface area contributed by atoms with Crippen LogP contribution in [0.15, 0.2) is 48.6 Å². The number of phosphoric ester groups is 1. The molecular formula is C43H78NO8P. The Morgan fingerprint density at radius 1 is 0.585 bits per heavy atom. The first-order valence-electron chi connectivity index (χ1n) is 21.1. The summed E-state index contributed by atoms with van der Waals surface area (Å²) in [6, 6.07) is 0. The fourth-order valence-electron chi connectivity index (χ4n) is 5.58. The van der Waals surface area contributed by atoms with E-state index in [0.717, 1.165) is 77.0 Å². The van der Waals surface area contributed by atoms with Crippen molar-refractivity contribution in [3.8, 4) is 0 Å². The Morgan fingerprint density at radius 2 is 1.04 bits per heavy atom. The molecule has 0 aliphatic rings. The summed E-state index contributed by atoms with van der Waals surface area (Å²) in [7, 11) is -4.38. The van der Waals surface area contributed by atoms with E-state index < -0.39 is 32.5 Å². The lowest BCUT2D eigenvalue weighted by Crippen LogP contribution is -2.29. The highest BCUT2D eigenvalue weighted by Crippen LogP contribution is 2.43. The Bertz CT molecular complexity index is 1010. The van der Waals surface area contributed by atoms with E-state index in [9.17, 15) is 19.0 Å².